The van der Waals surface area contributed by atoms with Gasteiger partial charge in [0, 0.05) is 25.6 Å². The van der Waals surface area contributed by atoms with Crippen LogP contribution in [0.25, 0.3) is 17.1 Å². The number of carbonyl (C=O) groups excluding carboxylic acids is 1. The molecule has 0 unspecified atom stereocenters. The highest BCUT2D eigenvalue weighted by molar-refractivity contribution is 5.91. The minimum absolute atomic E-state index is 0.0971. The van der Waals surface area contributed by atoms with E-state index in [0.717, 1.165) is 47.6 Å². The zero-order valence-electron chi connectivity index (χ0n) is 21.2. The van der Waals surface area contributed by atoms with Gasteiger partial charge < -0.3 is 14.6 Å². The number of amides is 1. The number of hydrogen-bond acceptors (Lipinski definition) is 3. The number of hydrogen-bond donors (Lipinski definition) is 1. The molecule has 3 aromatic carbocycles. The lowest BCUT2D eigenvalue weighted by Gasteiger charge is -2.11. The Labute approximate surface area is 213 Å². The molecule has 0 fully saturated rings. The van der Waals surface area contributed by atoms with E-state index in [1.165, 1.54) is 5.56 Å². The van der Waals surface area contributed by atoms with Gasteiger partial charge in [-0.1, -0.05) is 68.4 Å². The maximum absolute atomic E-state index is 12.2. The molecule has 1 amide bonds. The molecule has 0 saturated carbocycles. The van der Waals surface area contributed by atoms with Crippen molar-refractivity contribution in [2.24, 2.45) is 0 Å². The Bertz CT molecular complexity index is 1270. The van der Waals surface area contributed by atoms with Crippen LogP contribution in [0, 0.1) is 0 Å². The van der Waals surface area contributed by atoms with E-state index in [1.54, 1.807) is 6.08 Å². The van der Waals surface area contributed by atoms with Crippen LogP contribution in [-0.4, -0.2) is 28.6 Å². The van der Waals surface area contributed by atoms with Gasteiger partial charge in [-0.15, -0.1) is 0 Å². The van der Waals surface area contributed by atoms with Crippen LogP contribution in [0.2, 0.25) is 0 Å². The lowest BCUT2D eigenvalue weighted by molar-refractivity contribution is -0.116. The Morgan fingerprint density at radius 1 is 0.972 bits per heavy atom. The van der Waals surface area contributed by atoms with Gasteiger partial charge in [0.2, 0.25) is 5.91 Å². The maximum Gasteiger partial charge on any atom is 0.244 e. The average molecular weight is 482 g/mol. The number of rotatable bonds is 12. The van der Waals surface area contributed by atoms with Crippen molar-refractivity contribution in [3.05, 3.63) is 102 Å². The van der Waals surface area contributed by atoms with Crippen LogP contribution < -0.4 is 10.1 Å². The maximum atomic E-state index is 12.2. The van der Waals surface area contributed by atoms with Crippen LogP contribution in [0.3, 0.4) is 0 Å². The van der Waals surface area contributed by atoms with E-state index in [9.17, 15) is 4.79 Å². The molecule has 36 heavy (non-hydrogen) atoms. The SMILES string of the molecule is CC(C)c1ccc(OCCCCn2c(CCNC(=O)/C=C/c3ccccc3)nc3ccccc32)cc1. The van der Waals surface area contributed by atoms with Crippen LogP contribution in [0.5, 0.6) is 5.75 Å². The molecule has 0 radical (unpaired) electrons. The zero-order chi connectivity index (χ0) is 25.2. The lowest BCUT2D eigenvalue weighted by atomic mass is 10.0. The summed E-state index contributed by atoms with van der Waals surface area (Å²) in [6, 6.07) is 26.4. The van der Waals surface area contributed by atoms with E-state index in [1.807, 2.05) is 54.6 Å². The predicted octanol–water partition coefficient (Wildman–Crippen LogP) is 6.39. The van der Waals surface area contributed by atoms with E-state index in [-0.39, 0.29) is 5.91 Å². The summed E-state index contributed by atoms with van der Waals surface area (Å²) in [7, 11) is 0. The van der Waals surface area contributed by atoms with E-state index in [0.29, 0.717) is 25.5 Å². The van der Waals surface area contributed by atoms with Crippen LogP contribution in [0.4, 0.5) is 0 Å². The Balaban J connectivity index is 1.28. The van der Waals surface area contributed by atoms with E-state index < -0.39 is 0 Å². The summed E-state index contributed by atoms with van der Waals surface area (Å²) in [6.07, 6.45) is 6.03. The molecule has 186 valence electrons. The zero-order valence-corrected chi connectivity index (χ0v) is 21.2. The van der Waals surface area contributed by atoms with Gasteiger partial charge in [0.25, 0.3) is 0 Å². The van der Waals surface area contributed by atoms with Gasteiger partial charge in [-0.25, -0.2) is 4.98 Å². The summed E-state index contributed by atoms with van der Waals surface area (Å²) < 4.78 is 8.22. The molecule has 0 atom stereocenters. The number of aryl methyl sites for hydroxylation is 1. The number of benzene rings is 3. The molecule has 0 aliphatic carbocycles. The van der Waals surface area contributed by atoms with Crippen molar-refractivity contribution in [3.63, 3.8) is 0 Å². The number of unbranched alkanes of at least 4 members (excludes halogenated alkanes) is 1. The van der Waals surface area contributed by atoms with Gasteiger partial charge in [0.15, 0.2) is 0 Å². The van der Waals surface area contributed by atoms with Crippen LogP contribution in [-0.2, 0) is 17.8 Å². The van der Waals surface area contributed by atoms with Gasteiger partial charge in [-0.2, -0.15) is 0 Å². The van der Waals surface area contributed by atoms with Crippen molar-refractivity contribution in [2.45, 2.75) is 45.6 Å². The van der Waals surface area contributed by atoms with E-state index >= 15 is 0 Å². The quantitative estimate of drug-likeness (QED) is 0.188. The molecule has 0 spiro atoms. The molecule has 0 aliphatic rings. The summed E-state index contributed by atoms with van der Waals surface area (Å²) in [4.78, 5) is 17.1. The van der Waals surface area contributed by atoms with Crippen molar-refractivity contribution >= 4 is 23.0 Å². The fraction of sp³-hybridized carbons (Fsp3) is 0.290. The molecular weight excluding hydrogens is 446 g/mol. The van der Waals surface area contributed by atoms with Gasteiger partial charge in [0.1, 0.15) is 11.6 Å². The number of fused-ring (bicyclic) bond motifs is 1. The number of nitrogens with one attached hydrogen (secondary N) is 1. The number of nitrogens with zero attached hydrogens (tertiary/aromatic N) is 2. The monoisotopic (exact) mass is 481 g/mol. The van der Waals surface area contributed by atoms with Crippen LogP contribution in [0.15, 0.2) is 84.9 Å². The summed E-state index contributed by atoms with van der Waals surface area (Å²) in [5.41, 5.74) is 4.45. The number of ether oxygens (including phenoxy) is 1. The topological polar surface area (TPSA) is 56.1 Å². The third-order valence-electron chi connectivity index (χ3n) is 6.20. The highest BCUT2D eigenvalue weighted by atomic mass is 16.5. The molecule has 4 rings (SSSR count). The smallest absolute Gasteiger partial charge is 0.244 e. The van der Waals surface area contributed by atoms with Crippen molar-refractivity contribution < 1.29 is 9.53 Å². The Morgan fingerprint density at radius 3 is 2.50 bits per heavy atom. The van der Waals surface area contributed by atoms with E-state index in [4.69, 9.17) is 9.72 Å². The first-order valence-electron chi connectivity index (χ1n) is 12.8. The number of para-hydroxylation sites is 2. The number of carbonyl (C=O) groups is 1. The highest BCUT2D eigenvalue weighted by Crippen LogP contribution is 2.20. The minimum Gasteiger partial charge on any atom is -0.494 e. The normalized spacial score (nSPS) is 11.4. The highest BCUT2D eigenvalue weighted by Gasteiger charge is 2.10. The molecule has 1 heterocycles. The second-order valence-corrected chi connectivity index (χ2v) is 9.23. The van der Waals surface area contributed by atoms with Crippen molar-refractivity contribution in [1.82, 2.24) is 14.9 Å². The second kappa shape index (κ2) is 12.7. The molecule has 0 bridgehead atoms. The largest absolute Gasteiger partial charge is 0.494 e. The fourth-order valence-electron chi connectivity index (χ4n) is 4.17. The minimum atomic E-state index is -0.0971. The summed E-state index contributed by atoms with van der Waals surface area (Å²) in [6.45, 7) is 6.48. The lowest BCUT2D eigenvalue weighted by Crippen LogP contribution is -2.24. The van der Waals surface area contributed by atoms with Gasteiger partial charge in [-0.05, 0) is 60.2 Å². The predicted molar refractivity (Wildman–Crippen MR) is 147 cm³/mol. The van der Waals surface area contributed by atoms with Crippen LogP contribution >= 0.6 is 0 Å². The number of aromatic nitrogens is 2. The van der Waals surface area contributed by atoms with Gasteiger partial charge in [-0.3, -0.25) is 4.79 Å². The Hall–Kier alpha value is -3.86. The first-order chi connectivity index (χ1) is 17.6. The standard InChI is InChI=1S/C31H35N3O2/c1-24(2)26-15-17-27(18-16-26)36-23-9-8-22-34-29-13-7-6-12-28(29)33-30(34)20-21-32-31(35)19-14-25-10-4-3-5-11-25/h3-7,10-19,24H,8-9,20-23H2,1-2H3,(H,32,35)/b19-14+. The molecule has 0 saturated heterocycles. The molecular formula is C31H35N3O2. The summed E-state index contributed by atoms with van der Waals surface area (Å²) in [5, 5.41) is 2.98. The van der Waals surface area contributed by atoms with Crippen molar-refractivity contribution in [2.75, 3.05) is 13.2 Å². The molecule has 0 aliphatic heterocycles. The molecule has 4 aromatic rings. The third kappa shape index (κ3) is 7.08. The van der Waals surface area contributed by atoms with Crippen LogP contribution in [0.1, 0.15) is 49.6 Å². The van der Waals surface area contributed by atoms with Crippen molar-refractivity contribution in [1.29, 1.82) is 0 Å². The molecule has 5 nitrogen and oxygen atoms in total. The third-order valence-corrected chi connectivity index (χ3v) is 6.20. The Morgan fingerprint density at radius 2 is 1.72 bits per heavy atom. The van der Waals surface area contributed by atoms with Gasteiger partial charge in [0.05, 0.1) is 17.6 Å². The average Bonchev–Trinajstić information content (AvgIpc) is 3.25. The first kappa shape index (κ1) is 25.2. The summed E-state index contributed by atoms with van der Waals surface area (Å²) in [5.74, 6) is 2.34. The molecule has 1 aromatic heterocycles. The molecule has 1 N–H and O–H groups in total. The Kier molecular flexibility index (Phi) is 8.92. The van der Waals surface area contributed by atoms with Gasteiger partial charge >= 0.3 is 0 Å². The first-order valence-corrected chi connectivity index (χ1v) is 12.8. The van der Waals surface area contributed by atoms with Crippen molar-refractivity contribution in [3.8, 4) is 5.75 Å². The summed E-state index contributed by atoms with van der Waals surface area (Å²) >= 11 is 0. The fourth-order valence-corrected chi connectivity index (χ4v) is 4.17. The van der Waals surface area contributed by atoms with E-state index in [2.05, 4.69) is 54.1 Å². The second-order valence-electron chi connectivity index (χ2n) is 9.23. The molecule has 5 heteroatoms. The number of imidazole rings is 1.